The maximum atomic E-state index is 11.7. The van der Waals surface area contributed by atoms with Gasteiger partial charge in [-0.3, -0.25) is 9.59 Å². The molecule has 0 aliphatic heterocycles. The van der Waals surface area contributed by atoms with Crippen molar-refractivity contribution in [2.24, 2.45) is 11.8 Å². The van der Waals surface area contributed by atoms with Crippen molar-refractivity contribution in [3.05, 3.63) is 0 Å². The van der Waals surface area contributed by atoms with Crippen molar-refractivity contribution in [1.29, 1.82) is 0 Å². The third-order valence-electron chi connectivity index (χ3n) is 2.89. The summed E-state index contributed by atoms with van der Waals surface area (Å²) in [5, 5.41) is 0. The Hall–Kier alpha value is -0.900. The largest absolute Gasteiger partial charge is 0.459 e. The normalized spacial score (nSPS) is 13.7. The molecule has 0 aromatic rings. The Morgan fingerprint density at radius 2 is 1.53 bits per heavy atom. The summed E-state index contributed by atoms with van der Waals surface area (Å²) < 4.78 is 10.9. The number of ketones is 1. The van der Waals surface area contributed by atoms with Crippen molar-refractivity contribution in [1.82, 2.24) is 0 Å². The molecule has 0 radical (unpaired) electrons. The topological polar surface area (TPSA) is 52.6 Å². The Morgan fingerprint density at radius 3 is 1.95 bits per heavy atom. The van der Waals surface area contributed by atoms with E-state index in [1.54, 1.807) is 20.8 Å². The first kappa shape index (κ1) is 18.1. The number of hydrogen-bond acceptors (Lipinski definition) is 4. The average molecular weight is 272 g/mol. The van der Waals surface area contributed by atoms with Crippen LogP contribution in [-0.2, 0) is 19.1 Å². The Morgan fingerprint density at radius 1 is 1.00 bits per heavy atom. The van der Waals surface area contributed by atoms with Crippen LogP contribution < -0.4 is 0 Å². The maximum absolute atomic E-state index is 11.7. The third-order valence-corrected chi connectivity index (χ3v) is 2.89. The minimum absolute atomic E-state index is 0.0261. The van der Waals surface area contributed by atoms with Gasteiger partial charge in [0.25, 0.3) is 0 Å². The molecule has 0 bridgehead atoms. The minimum atomic E-state index is -0.568. The quantitative estimate of drug-likeness (QED) is 0.637. The Balaban J connectivity index is 4.12. The molecule has 0 aromatic heterocycles. The highest BCUT2D eigenvalue weighted by molar-refractivity contribution is 5.84. The minimum Gasteiger partial charge on any atom is -0.459 e. The first-order valence-electron chi connectivity index (χ1n) is 6.95. The highest BCUT2D eigenvalue weighted by atomic mass is 16.6. The highest BCUT2D eigenvalue weighted by Gasteiger charge is 2.25. The van der Waals surface area contributed by atoms with Gasteiger partial charge in [-0.05, 0) is 20.8 Å². The zero-order chi connectivity index (χ0) is 15.2. The lowest BCUT2D eigenvalue weighted by Gasteiger charge is -2.26. The van der Waals surface area contributed by atoms with Crippen LogP contribution in [0.1, 0.15) is 54.9 Å². The summed E-state index contributed by atoms with van der Waals surface area (Å²) in [6.45, 7) is 13.2. The van der Waals surface area contributed by atoms with Gasteiger partial charge in [0.1, 0.15) is 11.7 Å². The van der Waals surface area contributed by atoms with Gasteiger partial charge in [-0.15, -0.1) is 0 Å². The monoisotopic (exact) mass is 272 g/mol. The second-order valence-electron chi connectivity index (χ2n) is 6.16. The molecule has 4 nitrogen and oxygen atoms in total. The van der Waals surface area contributed by atoms with E-state index in [2.05, 4.69) is 0 Å². The summed E-state index contributed by atoms with van der Waals surface area (Å²) in [5.41, 5.74) is -0.568. The summed E-state index contributed by atoms with van der Waals surface area (Å²) in [7, 11) is 0. The number of esters is 1. The van der Waals surface area contributed by atoms with E-state index in [0.717, 1.165) is 0 Å². The van der Waals surface area contributed by atoms with E-state index in [-0.39, 0.29) is 23.6 Å². The van der Waals surface area contributed by atoms with Crippen molar-refractivity contribution in [3.63, 3.8) is 0 Å². The number of Topliss-reactive ketones (excluding diaryl/α,β-unsaturated/α-hetero) is 1. The zero-order valence-electron chi connectivity index (χ0n) is 13.3. The van der Waals surface area contributed by atoms with Gasteiger partial charge < -0.3 is 9.47 Å². The van der Waals surface area contributed by atoms with E-state index in [1.807, 2.05) is 27.7 Å². The smallest absolute Gasteiger partial charge is 0.308 e. The Labute approximate surface area is 116 Å². The molecule has 19 heavy (non-hydrogen) atoms. The van der Waals surface area contributed by atoms with Crippen molar-refractivity contribution in [2.75, 3.05) is 6.61 Å². The fourth-order valence-corrected chi connectivity index (χ4v) is 1.47. The number of ether oxygens (including phenoxy) is 2. The van der Waals surface area contributed by atoms with Crippen LogP contribution in [0, 0.1) is 11.8 Å². The molecule has 0 rings (SSSR count). The third kappa shape index (κ3) is 7.31. The highest BCUT2D eigenvalue weighted by Crippen LogP contribution is 2.17. The van der Waals surface area contributed by atoms with Gasteiger partial charge in [0.15, 0.2) is 5.78 Å². The summed E-state index contributed by atoms with van der Waals surface area (Å²) in [5.74, 6) is -0.281. The first-order chi connectivity index (χ1) is 8.57. The van der Waals surface area contributed by atoms with Gasteiger partial charge in [0.2, 0.25) is 0 Å². The summed E-state index contributed by atoms with van der Waals surface area (Å²) in [4.78, 5) is 23.2. The predicted molar refractivity (Wildman–Crippen MR) is 74.9 cm³/mol. The molecule has 0 saturated heterocycles. The van der Waals surface area contributed by atoms with Crippen molar-refractivity contribution >= 4 is 11.8 Å². The van der Waals surface area contributed by atoms with Gasteiger partial charge >= 0.3 is 5.97 Å². The van der Waals surface area contributed by atoms with E-state index < -0.39 is 11.7 Å². The van der Waals surface area contributed by atoms with Gasteiger partial charge in [-0.1, -0.05) is 27.7 Å². The van der Waals surface area contributed by atoms with Crippen LogP contribution in [0.25, 0.3) is 0 Å². The van der Waals surface area contributed by atoms with Crippen molar-refractivity contribution < 1.29 is 19.1 Å². The molecular weight excluding hydrogens is 244 g/mol. The predicted octanol–water partition coefficient (Wildman–Crippen LogP) is 2.98. The molecule has 0 fully saturated rings. The molecular formula is C15H28O4. The summed E-state index contributed by atoms with van der Waals surface area (Å²) >= 11 is 0. The molecule has 0 saturated carbocycles. The van der Waals surface area contributed by atoms with E-state index >= 15 is 0 Å². The summed E-state index contributed by atoms with van der Waals surface area (Å²) in [6.07, 6.45) is 0.165. The van der Waals surface area contributed by atoms with Crippen LogP contribution in [-0.4, -0.2) is 30.1 Å². The SMILES string of the molecule is CC(C)C(=O)OC(C)(C)CCOC(C)C(=O)C(C)C. The first-order valence-corrected chi connectivity index (χ1v) is 6.95. The van der Waals surface area contributed by atoms with Crippen LogP contribution >= 0.6 is 0 Å². The van der Waals surface area contributed by atoms with Crippen molar-refractivity contribution in [3.8, 4) is 0 Å². The number of rotatable bonds is 8. The lowest BCUT2D eigenvalue weighted by Crippen LogP contribution is -2.33. The standard InChI is InChI=1S/C15H28O4/c1-10(2)13(16)12(5)18-9-8-15(6,7)19-14(17)11(3)4/h10-12H,8-9H2,1-7H3. The molecule has 0 spiro atoms. The van der Waals surface area contributed by atoms with Crippen LogP contribution in [0.15, 0.2) is 0 Å². The molecule has 0 aliphatic rings. The van der Waals surface area contributed by atoms with Crippen LogP contribution in [0.5, 0.6) is 0 Å². The molecule has 0 amide bonds. The maximum Gasteiger partial charge on any atom is 0.308 e. The van der Waals surface area contributed by atoms with Crippen molar-refractivity contribution in [2.45, 2.75) is 66.6 Å². The fraction of sp³-hybridized carbons (Fsp3) is 0.867. The van der Waals surface area contributed by atoms with Crippen LogP contribution in [0.3, 0.4) is 0 Å². The molecule has 0 aromatic carbocycles. The van der Waals surface area contributed by atoms with E-state index in [9.17, 15) is 9.59 Å². The second-order valence-corrected chi connectivity index (χ2v) is 6.16. The lowest BCUT2D eigenvalue weighted by molar-refractivity contribution is -0.162. The molecule has 4 heteroatoms. The molecule has 0 heterocycles. The molecule has 1 unspecified atom stereocenters. The van der Waals surface area contributed by atoms with Crippen LogP contribution in [0.2, 0.25) is 0 Å². The van der Waals surface area contributed by atoms with Gasteiger partial charge in [0.05, 0.1) is 12.5 Å². The molecule has 0 N–H and O–H groups in total. The summed E-state index contributed by atoms with van der Waals surface area (Å²) in [6, 6.07) is 0. The molecule has 1 atom stereocenters. The molecule has 112 valence electrons. The molecule has 0 aliphatic carbocycles. The number of carbonyl (C=O) groups excluding carboxylic acids is 2. The lowest BCUT2D eigenvalue weighted by atomic mass is 10.0. The second kappa shape index (κ2) is 7.63. The Bertz CT molecular complexity index is 305. The number of carbonyl (C=O) groups is 2. The van der Waals surface area contributed by atoms with E-state index in [0.29, 0.717) is 13.0 Å². The average Bonchev–Trinajstić information content (AvgIpc) is 2.26. The van der Waals surface area contributed by atoms with Gasteiger partial charge in [0, 0.05) is 12.3 Å². The zero-order valence-corrected chi connectivity index (χ0v) is 13.3. The van der Waals surface area contributed by atoms with Gasteiger partial charge in [-0.25, -0.2) is 0 Å². The van der Waals surface area contributed by atoms with E-state index in [1.165, 1.54) is 0 Å². The van der Waals surface area contributed by atoms with E-state index in [4.69, 9.17) is 9.47 Å². The Kier molecular flexibility index (Phi) is 7.27. The number of hydrogen-bond donors (Lipinski definition) is 0. The van der Waals surface area contributed by atoms with Gasteiger partial charge in [-0.2, -0.15) is 0 Å². The fourth-order valence-electron chi connectivity index (χ4n) is 1.47. The van der Waals surface area contributed by atoms with Crippen LogP contribution in [0.4, 0.5) is 0 Å².